The number of aryl methyl sites for hydroxylation is 1. The molecule has 0 saturated heterocycles. The third kappa shape index (κ3) is 4.22. The van der Waals surface area contributed by atoms with Crippen LogP contribution in [0.5, 0.6) is 0 Å². The third-order valence-electron chi connectivity index (χ3n) is 3.71. The van der Waals surface area contributed by atoms with Crippen molar-refractivity contribution in [1.82, 2.24) is 10.4 Å². The predicted octanol–water partition coefficient (Wildman–Crippen LogP) is 3.83. The van der Waals surface area contributed by atoms with Crippen LogP contribution in [-0.2, 0) is 6.42 Å². The fraction of sp³-hybridized carbons (Fsp3) is 0.300. The molecule has 2 rings (SSSR count). The van der Waals surface area contributed by atoms with E-state index in [2.05, 4.69) is 5.43 Å². The molecular formula is C20H24N2O2. The molecule has 0 bridgehead atoms. The number of amides is 2. The van der Waals surface area contributed by atoms with Gasteiger partial charge in [0.2, 0.25) is 0 Å². The number of hydrazine groups is 1. The van der Waals surface area contributed by atoms with Crippen LogP contribution >= 0.6 is 0 Å². The molecule has 2 amide bonds. The number of carbonyl (C=O) groups excluding carboxylic acids is 2. The third-order valence-corrected chi connectivity index (χ3v) is 3.71. The van der Waals surface area contributed by atoms with Crippen LogP contribution in [0, 0.1) is 0 Å². The minimum Gasteiger partial charge on any atom is -0.267 e. The molecule has 0 unspecified atom stereocenters. The van der Waals surface area contributed by atoms with Crippen LogP contribution in [0.4, 0.5) is 0 Å². The van der Waals surface area contributed by atoms with E-state index in [9.17, 15) is 9.59 Å². The van der Waals surface area contributed by atoms with Gasteiger partial charge in [0.25, 0.3) is 11.8 Å². The quantitative estimate of drug-likeness (QED) is 0.872. The van der Waals surface area contributed by atoms with Gasteiger partial charge in [0.15, 0.2) is 0 Å². The van der Waals surface area contributed by atoms with Gasteiger partial charge in [-0.1, -0.05) is 37.3 Å². The van der Waals surface area contributed by atoms with Gasteiger partial charge in [-0.3, -0.25) is 15.0 Å². The highest BCUT2D eigenvalue weighted by Crippen LogP contribution is 2.16. The molecule has 0 radical (unpaired) electrons. The Morgan fingerprint density at radius 2 is 1.58 bits per heavy atom. The Balaban J connectivity index is 2.26. The maximum absolute atomic E-state index is 12.8. The summed E-state index contributed by atoms with van der Waals surface area (Å²) in [7, 11) is 0. The molecule has 0 spiro atoms. The second kappa shape index (κ2) is 7.30. The summed E-state index contributed by atoms with van der Waals surface area (Å²) in [4.78, 5) is 25.4. The van der Waals surface area contributed by atoms with Gasteiger partial charge in [0.1, 0.15) is 0 Å². The summed E-state index contributed by atoms with van der Waals surface area (Å²) in [5.41, 5.74) is 4.38. The Labute approximate surface area is 143 Å². The highest BCUT2D eigenvalue weighted by molar-refractivity contribution is 5.99. The minimum atomic E-state index is -0.551. The van der Waals surface area contributed by atoms with Crippen molar-refractivity contribution in [3.05, 3.63) is 71.3 Å². The highest BCUT2D eigenvalue weighted by atomic mass is 16.2. The molecule has 24 heavy (non-hydrogen) atoms. The first kappa shape index (κ1) is 17.7. The van der Waals surface area contributed by atoms with E-state index in [1.54, 1.807) is 30.3 Å². The summed E-state index contributed by atoms with van der Waals surface area (Å²) < 4.78 is 0. The molecule has 0 aliphatic heterocycles. The molecule has 4 nitrogen and oxygen atoms in total. The number of hydrogen-bond acceptors (Lipinski definition) is 2. The van der Waals surface area contributed by atoms with E-state index < -0.39 is 5.54 Å². The summed E-state index contributed by atoms with van der Waals surface area (Å²) >= 11 is 0. The fourth-order valence-corrected chi connectivity index (χ4v) is 2.33. The van der Waals surface area contributed by atoms with E-state index >= 15 is 0 Å². The Bertz CT molecular complexity index is 718. The van der Waals surface area contributed by atoms with Gasteiger partial charge in [0.05, 0.1) is 5.54 Å². The highest BCUT2D eigenvalue weighted by Gasteiger charge is 2.29. The zero-order valence-corrected chi connectivity index (χ0v) is 14.7. The molecule has 0 aromatic heterocycles. The summed E-state index contributed by atoms with van der Waals surface area (Å²) in [5, 5.41) is 1.39. The predicted molar refractivity (Wildman–Crippen MR) is 95.7 cm³/mol. The molecule has 0 saturated carbocycles. The average molecular weight is 324 g/mol. The van der Waals surface area contributed by atoms with Crippen LogP contribution in [0.3, 0.4) is 0 Å². The van der Waals surface area contributed by atoms with Crippen molar-refractivity contribution in [1.29, 1.82) is 0 Å². The second-order valence-electron chi connectivity index (χ2n) is 6.67. The molecule has 2 aromatic carbocycles. The Kier molecular flexibility index (Phi) is 5.39. The Hall–Kier alpha value is -2.62. The first-order valence-electron chi connectivity index (χ1n) is 8.12. The lowest BCUT2D eigenvalue weighted by Gasteiger charge is -2.35. The van der Waals surface area contributed by atoms with Crippen molar-refractivity contribution in [2.24, 2.45) is 0 Å². The Morgan fingerprint density at radius 1 is 0.958 bits per heavy atom. The molecule has 126 valence electrons. The fourth-order valence-electron chi connectivity index (χ4n) is 2.33. The van der Waals surface area contributed by atoms with Crippen LogP contribution in [0.1, 0.15) is 54.0 Å². The molecule has 0 aliphatic rings. The molecule has 1 N–H and O–H groups in total. The van der Waals surface area contributed by atoms with Gasteiger partial charge in [-0.15, -0.1) is 0 Å². The topological polar surface area (TPSA) is 49.4 Å². The van der Waals surface area contributed by atoms with E-state index in [0.29, 0.717) is 11.1 Å². The van der Waals surface area contributed by atoms with E-state index in [1.807, 2.05) is 52.0 Å². The van der Waals surface area contributed by atoms with Gasteiger partial charge in [-0.2, -0.15) is 0 Å². The van der Waals surface area contributed by atoms with Gasteiger partial charge >= 0.3 is 0 Å². The molecule has 0 atom stereocenters. The van der Waals surface area contributed by atoms with E-state index in [-0.39, 0.29) is 11.8 Å². The lowest BCUT2D eigenvalue weighted by atomic mass is 10.1. The molecule has 2 aromatic rings. The molecule has 0 aliphatic carbocycles. The SMILES string of the molecule is CCc1cccc(C(=O)NN(C(=O)c2ccccc2)C(C)(C)C)c1. The van der Waals surface area contributed by atoms with Crippen molar-refractivity contribution in [3.63, 3.8) is 0 Å². The number of nitrogens with one attached hydrogen (secondary N) is 1. The monoisotopic (exact) mass is 324 g/mol. The standard InChI is InChI=1S/C20H24N2O2/c1-5-15-10-9-13-17(14-15)18(23)21-22(20(2,3)4)19(24)16-11-7-6-8-12-16/h6-14H,5H2,1-4H3,(H,21,23). The van der Waals surface area contributed by atoms with Gasteiger partial charge in [-0.25, -0.2) is 5.01 Å². The van der Waals surface area contributed by atoms with Crippen molar-refractivity contribution >= 4 is 11.8 Å². The minimum absolute atomic E-state index is 0.233. The lowest BCUT2D eigenvalue weighted by molar-refractivity contribution is 0.0358. The summed E-state index contributed by atoms with van der Waals surface area (Å²) in [6.45, 7) is 7.70. The summed E-state index contributed by atoms with van der Waals surface area (Å²) in [6.07, 6.45) is 0.854. The van der Waals surface area contributed by atoms with Crippen LogP contribution in [0.2, 0.25) is 0 Å². The molecule has 4 heteroatoms. The normalized spacial score (nSPS) is 11.0. The van der Waals surface area contributed by atoms with Gasteiger partial charge in [-0.05, 0) is 57.0 Å². The Morgan fingerprint density at radius 3 is 2.17 bits per heavy atom. The smallest absolute Gasteiger partial charge is 0.267 e. The zero-order chi connectivity index (χ0) is 17.7. The first-order chi connectivity index (χ1) is 11.3. The lowest BCUT2D eigenvalue weighted by Crippen LogP contribution is -2.55. The summed E-state index contributed by atoms with van der Waals surface area (Å²) in [5.74, 6) is -0.521. The van der Waals surface area contributed by atoms with Crippen LogP contribution in [-0.4, -0.2) is 22.4 Å². The number of hydrogen-bond donors (Lipinski definition) is 1. The number of carbonyl (C=O) groups is 2. The van der Waals surface area contributed by atoms with Crippen molar-refractivity contribution in [2.45, 2.75) is 39.7 Å². The largest absolute Gasteiger partial charge is 0.272 e. The van der Waals surface area contributed by atoms with Crippen molar-refractivity contribution in [2.75, 3.05) is 0 Å². The number of rotatable bonds is 3. The van der Waals surface area contributed by atoms with E-state index in [0.717, 1.165) is 12.0 Å². The van der Waals surface area contributed by atoms with Crippen molar-refractivity contribution < 1.29 is 9.59 Å². The second-order valence-corrected chi connectivity index (χ2v) is 6.67. The molecule has 0 heterocycles. The van der Waals surface area contributed by atoms with Gasteiger partial charge in [0, 0.05) is 11.1 Å². The maximum atomic E-state index is 12.8. The van der Waals surface area contributed by atoms with Crippen LogP contribution < -0.4 is 5.43 Å². The zero-order valence-electron chi connectivity index (χ0n) is 14.7. The average Bonchev–Trinajstić information content (AvgIpc) is 2.58. The van der Waals surface area contributed by atoms with Crippen LogP contribution in [0.25, 0.3) is 0 Å². The number of benzene rings is 2. The van der Waals surface area contributed by atoms with E-state index in [4.69, 9.17) is 0 Å². The molecular weight excluding hydrogens is 300 g/mol. The van der Waals surface area contributed by atoms with Gasteiger partial charge < -0.3 is 0 Å². The number of nitrogens with zero attached hydrogens (tertiary/aromatic N) is 1. The maximum Gasteiger partial charge on any atom is 0.272 e. The molecule has 0 fully saturated rings. The van der Waals surface area contributed by atoms with E-state index in [1.165, 1.54) is 5.01 Å². The summed E-state index contributed by atoms with van der Waals surface area (Å²) in [6, 6.07) is 16.4. The van der Waals surface area contributed by atoms with Crippen LogP contribution in [0.15, 0.2) is 54.6 Å². The van der Waals surface area contributed by atoms with Crippen molar-refractivity contribution in [3.8, 4) is 0 Å². The first-order valence-corrected chi connectivity index (χ1v) is 8.12.